The van der Waals surface area contributed by atoms with Gasteiger partial charge in [-0.3, -0.25) is 0 Å². The van der Waals surface area contributed by atoms with Gasteiger partial charge in [0.15, 0.2) is 0 Å². The van der Waals surface area contributed by atoms with Crippen molar-refractivity contribution < 1.29 is 0 Å². The van der Waals surface area contributed by atoms with Gasteiger partial charge in [-0.05, 0) is 93.0 Å². The second kappa shape index (κ2) is 13.6. The molecule has 0 bridgehead atoms. The summed E-state index contributed by atoms with van der Waals surface area (Å²) in [6, 6.07) is 81.9. The molecule has 0 spiro atoms. The van der Waals surface area contributed by atoms with Crippen LogP contribution in [0.4, 0.5) is 0 Å². The van der Waals surface area contributed by atoms with Crippen molar-refractivity contribution in [3.63, 3.8) is 0 Å². The quantitative estimate of drug-likeness (QED) is 0.166. The van der Waals surface area contributed by atoms with Gasteiger partial charge in [0, 0.05) is 83.4 Å². The topological polar surface area (TPSA) is 8.82 Å². The van der Waals surface area contributed by atoms with Gasteiger partial charge in [0.2, 0.25) is 0 Å². The number of benzene rings is 11. The SMILES string of the molecule is c1ccc(-c2ccccc2-c2ccc3c4c5c(cc6c7cc8c(cc7n(c3c2)c64)c2cc3sc4ccccc4c3c3c4ccc(-c6ccccc6-c6ccccc6)cc4n8c23)sc2ccccc25)cc1. The summed E-state index contributed by atoms with van der Waals surface area (Å²) in [4.78, 5) is 0. The van der Waals surface area contributed by atoms with Gasteiger partial charge in [0.1, 0.15) is 0 Å². The molecule has 0 atom stereocenters. The van der Waals surface area contributed by atoms with Gasteiger partial charge < -0.3 is 8.80 Å². The van der Waals surface area contributed by atoms with Gasteiger partial charge in [-0.2, -0.15) is 0 Å². The van der Waals surface area contributed by atoms with Crippen molar-refractivity contribution in [1.82, 2.24) is 8.80 Å². The van der Waals surface area contributed by atoms with Gasteiger partial charge in [0.05, 0.1) is 33.1 Å². The van der Waals surface area contributed by atoms with E-state index in [0.717, 1.165) is 0 Å². The van der Waals surface area contributed by atoms with Crippen LogP contribution in [0.2, 0.25) is 0 Å². The van der Waals surface area contributed by atoms with E-state index >= 15 is 0 Å². The minimum atomic E-state index is 1.22. The fourth-order valence-electron chi connectivity index (χ4n) is 12.7. The highest BCUT2D eigenvalue weighted by atomic mass is 32.1. The molecule has 17 rings (SSSR count). The molecule has 70 heavy (non-hydrogen) atoms. The van der Waals surface area contributed by atoms with Crippen molar-refractivity contribution in [3.05, 3.63) is 218 Å². The average Bonchev–Trinajstić information content (AvgIpc) is 4.27. The number of thiophene rings is 2. The van der Waals surface area contributed by atoms with E-state index in [9.17, 15) is 0 Å². The summed E-state index contributed by atoms with van der Waals surface area (Å²) >= 11 is 3.84. The monoisotopic (exact) mass is 920 g/mol. The highest BCUT2D eigenvalue weighted by molar-refractivity contribution is 7.26. The molecular weight excluding hydrogens is 885 g/mol. The van der Waals surface area contributed by atoms with Crippen LogP contribution in [0.5, 0.6) is 0 Å². The first-order chi connectivity index (χ1) is 34.7. The molecule has 6 aromatic heterocycles. The van der Waals surface area contributed by atoms with Gasteiger partial charge in [-0.25, -0.2) is 0 Å². The molecule has 0 aliphatic heterocycles. The molecule has 322 valence electrons. The van der Waals surface area contributed by atoms with E-state index in [1.54, 1.807) is 0 Å². The molecule has 2 nitrogen and oxygen atoms in total. The molecular formula is C66H36N2S2. The van der Waals surface area contributed by atoms with Crippen molar-refractivity contribution >= 4 is 139 Å². The molecule has 0 fully saturated rings. The third-order valence-electron chi connectivity index (χ3n) is 15.6. The zero-order valence-corrected chi connectivity index (χ0v) is 39.1. The van der Waals surface area contributed by atoms with Crippen LogP contribution in [-0.2, 0) is 0 Å². The summed E-state index contributed by atoms with van der Waals surface area (Å²) in [5, 5.41) is 15.9. The summed E-state index contributed by atoms with van der Waals surface area (Å²) in [5.74, 6) is 0. The Morgan fingerprint density at radius 2 is 0.600 bits per heavy atom. The summed E-state index contributed by atoms with van der Waals surface area (Å²) < 4.78 is 10.6. The normalized spacial score (nSPS) is 12.6. The second-order valence-corrected chi connectivity index (χ2v) is 21.3. The number of nitrogens with zero attached hydrogens (tertiary/aromatic N) is 2. The molecule has 0 unspecified atom stereocenters. The lowest BCUT2D eigenvalue weighted by molar-refractivity contribution is 1.36. The maximum absolute atomic E-state index is 2.62. The maximum atomic E-state index is 2.62. The molecule has 0 aliphatic rings. The van der Waals surface area contributed by atoms with Crippen LogP contribution in [0.3, 0.4) is 0 Å². The number of aromatic nitrogens is 2. The summed E-state index contributed by atoms with van der Waals surface area (Å²) in [7, 11) is 0. The number of rotatable bonds is 4. The van der Waals surface area contributed by atoms with Crippen LogP contribution in [0.15, 0.2) is 218 Å². The minimum absolute atomic E-state index is 1.22. The molecule has 0 radical (unpaired) electrons. The molecule has 0 saturated heterocycles. The predicted molar refractivity (Wildman–Crippen MR) is 303 cm³/mol. The zero-order chi connectivity index (χ0) is 45.3. The third-order valence-corrected chi connectivity index (χ3v) is 17.8. The van der Waals surface area contributed by atoms with Crippen molar-refractivity contribution in [2.75, 3.05) is 0 Å². The first-order valence-corrected chi connectivity index (χ1v) is 25.7. The Morgan fingerprint density at radius 3 is 1.04 bits per heavy atom. The van der Waals surface area contributed by atoms with Crippen LogP contribution in [0.1, 0.15) is 0 Å². The van der Waals surface area contributed by atoms with Crippen LogP contribution in [-0.4, -0.2) is 8.80 Å². The van der Waals surface area contributed by atoms with E-state index in [1.807, 2.05) is 22.7 Å². The number of hydrogen-bond acceptors (Lipinski definition) is 2. The number of hydrogen-bond donors (Lipinski definition) is 0. The van der Waals surface area contributed by atoms with E-state index in [2.05, 4.69) is 227 Å². The molecule has 11 aromatic carbocycles. The minimum Gasteiger partial charge on any atom is -0.308 e. The summed E-state index contributed by atoms with van der Waals surface area (Å²) in [6.07, 6.45) is 0. The van der Waals surface area contributed by atoms with E-state index in [-0.39, 0.29) is 0 Å². The zero-order valence-electron chi connectivity index (χ0n) is 37.5. The Labute approximate surface area is 408 Å². The lowest BCUT2D eigenvalue weighted by Crippen LogP contribution is -1.87. The second-order valence-electron chi connectivity index (χ2n) is 19.1. The maximum Gasteiger partial charge on any atom is 0.0627 e. The average molecular weight is 921 g/mol. The van der Waals surface area contributed by atoms with Crippen molar-refractivity contribution in [1.29, 1.82) is 0 Å². The van der Waals surface area contributed by atoms with Crippen LogP contribution < -0.4 is 0 Å². The van der Waals surface area contributed by atoms with Crippen molar-refractivity contribution in [2.45, 2.75) is 0 Å². The van der Waals surface area contributed by atoms with Crippen molar-refractivity contribution in [3.8, 4) is 44.5 Å². The highest BCUT2D eigenvalue weighted by Gasteiger charge is 2.27. The van der Waals surface area contributed by atoms with Crippen molar-refractivity contribution in [2.24, 2.45) is 0 Å². The van der Waals surface area contributed by atoms with Gasteiger partial charge in [-0.1, -0.05) is 170 Å². The molecule has 4 heteroatoms. The largest absolute Gasteiger partial charge is 0.308 e. The fourth-order valence-corrected chi connectivity index (χ4v) is 15.0. The third kappa shape index (κ3) is 4.81. The Bertz CT molecular complexity index is 4730. The molecule has 0 aliphatic carbocycles. The lowest BCUT2D eigenvalue weighted by atomic mass is 9.93. The van der Waals surface area contributed by atoms with E-state index < -0.39 is 0 Å². The summed E-state index contributed by atoms with van der Waals surface area (Å²) in [6.45, 7) is 0. The van der Waals surface area contributed by atoms with Gasteiger partial charge >= 0.3 is 0 Å². The lowest BCUT2D eigenvalue weighted by Gasteiger charge is -2.11. The first-order valence-electron chi connectivity index (χ1n) is 24.1. The summed E-state index contributed by atoms with van der Waals surface area (Å²) in [5.41, 5.74) is 17.5. The molecule has 0 N–H and O–H groups in total. The Hall–Kier alpha value is -8.54. The van der Waals surface area contributed by atoms with Crippen LogP contribution in [0.25, 0.3) is 161 Å². The molecule has 0 saturated carbocycles. The molecule has 17 aromatic rings. The highest BCUT2D eigenvalue weighted by Crippen LogP contribution is 2.52. The van der Waals surface area contributed by atoms with E-state index in [4.69, 9.17) is 0 Å². The fraction of sp³-hybridized carbons (Fsp3) is 0. The number of fused-ring (bicyclic) bond motifs is 20. The van der Waals surface area contributed by atoms with E-state index in [1.165, 1.54) is 161 Å². The molecule has 0 amide bonds. The Balaban J connectivity index is 1.03. The smallest absolute Gasteiger partial charge is 0.0627 e. The Kier molecular flexibility index (Phi) is 7.26. The molecule has 6 heterocycles. The van der Waals surface area contributed by atoms with Gasteiger partial charge in [-0.15, -0.1) is 22.7 Å². The standard InChI is InChI=1S/C66H36N2S2/c1-3-15-37(16-4-1)41-19-7-9-21-43(41)39-27-29-45-53(31-39)67-55-33-50-52-36-60-62(48-24-12-14-26-58(48)70-60)64-46-30-28-40(44-22-10-8-20-42(44)38-17-5-2-6-18-38)32-54(46)68(66(52)64)56(50)34-49(55)51-35-59-61(63(45)65(51)67)47-23-11-13-25-57(47)69-59/h1-36H. The van der Waals surface area contributed by atoms with Crippen LogP contribution >= 0.6 is 22.7 Å². The van der Waals surface area contributed by atoms with Crippen LogP contribution in [0, 0.1) is 0 Å². The predicted octanol–water partition coefficient (Wildman–Crippen LogP) is 19.4. The van der Waals surface area contributed by atoms with E-state index in [0.29, 0.717) is 0 Å². The first kappa shape index (κ1) is 37.4. The Morgan fingerprint density at radius 1 is 0.229 bits per heavy atom. The van der Waals surface area contributed by atoms with Gasteiger partial charge in [0.25, 0.3) is 0 Å².